The molecule has 25 heavy (non-hydrogen) atoms. The number of rotatable bonds is 18. The first kappa shape index (κ1) is 24.7. The predicted molar refractivity (Wildman–Crippen MR) is 110 cm³/mol. The molecule has 0 rings (SSSR count). The van der Waals surface area contributed by atoms with Gasteiger partial charge in [-0.05, 0) is 32.1 Å². The van der Waals surface area contributed by atoms with E-state index in [2.05, 4.69) is 35.9 Å². The van der Waals surface area contributed by atoms with Crippen LogP contribution < -0.4 is 0 Å². The monoisotopic (exact) mass is 418 g/mol. The minimum atomic E-state index is -0.410. The summed E-state index contributed by atoms with van der Waals surface area (Å²) in [6.07, 6.45) is 17.2. The summed E-state index contributed by atoms with van der Waals surface area (Å²) in [5.74, 6) is -0.190. The number of hydrogen-bond donors (Lipinski definition) is 0. The van der Waals surface area contributed by atoms with Crippen LogP contribution in [0.4, 0.5) is 0 Å². The molecular formula is C21H39BrO3. The van der Waals surface area contributed by atoms with E-state index in [0.29, 0.717) is 13.2 Å². The van der Waals surface area contributed by atoms with Crippen molar-refractivity contribution in [2.24, 2.45) is 0 Å². The van der Waals surface area contributed by atoms with Crippen LogP contribution in [0.2, 0.25) is 0 Å². The van der Waals surface area contributed by atoms with Gasteiger partial charge in [-0.25, -0.2) is 4.79 Å². The molecule has 1 unspecified atom stereocenters. The second-order valence-electron chi connectivity index (χ2n) is 6.56. The molecule has 0 saturated heterocycles. The first-order valence-electron chi connectivity index (χ1n) is 10.2. The maximum Gasteiger partial charge on any atom is 0.335 e. The molecule has 0 aromatic carbocycles. The number of alkyl halides is 1. The number of allylic oxidation sites excluding steroid dienone is 1. The normalized spacial score (nSPS) is 12.6. The average Bonchev–Trinajstić information content (AvgIpc) is 2.62. The van der Waals surface area contributed by atoms with Crippen LogP contribution in [0.5, 0.6) is 0 Å². The van der Waals surface area contributed by atoms with E-state index in [9.17, 15) is 4.79 Å². The highest BCUT2D eigenvalue weighted by atomic mass is 79.9. The van der Waals surface area contributed by atoms with Gasteiger partial charge in [-0.3, -0.25) is 0 Å². The van der Waals surface area contributed by atoms with Crippen molar-refractivity contribution in [3.05, 3.63) is 12.2 Å². The Hall–Kier alpha value is -0.350. The fourth-order valence-electron chi connectivity index (χ4n) is 2.52. The van der Waals surface area contributed by atoms with Gasteiger partial charge in [0, 0.05) is 5.33 Å². The molecule has 0 aliphatic carbocycles. The van der Waals surface area contributed by atoms with Crippen LogP contribution in [0.3, 0.4) is 0 Å². The van der Waals surface area contributed by atoms with Gasteiger partial charge in [0.15, 0.2) is 6.10 Å². The molecule has 0 N–H and O–H groups in total. The summed E-state index contributed by atoms with van der Waals surface area (Å²) < 4.78 is 11.2. The molecule has 0 saturated carbocycles. The van der Waals surface area contributed by atoms with Crippen LogP contribution in [-0.4, -0.2) is 30.6 Å². The van der Waals surface area contributed by atoms with Crippen LogP contribution in [0.25, 0.3) is 0 Å². The molecule has 0 amide bonds. The van der Waals surface area contributed by atoms with Gasteiger partial charge in [-0.1, -0.05) is 86.9 Å². The number of hydrogen-bond acceptors (Lipinski definition) is 3. The van der Waals surface area contributed by atoms with Crippen molar-refractivity contribution in [2.45, 2.75) is 97.0 Å². The molecule has 0 heterocycles. The first-order valence-corrected chi connectivity index (χ1v) is 11.4. The van der Waals surface area contributed by atoms with Gasteiger partial charge < -0.3 is 9.47 Å². The Morgan fingerprint density at radius 3 is 2.36 bits per heavy atom. The summed E-state index contributed by atoms with van der Waals surface area (Å²) in [7, 11) is 0. The zero-order chi connectivity index (χ0) is 18.6. The molecule has 0 fully saturated rings. The largest absolute Gasteiger partial charge is 0.464 e. The van der Waals surface area contributed by atoms with Crippen molar-refractivity contribution >= 4 is 21.9 Å². The fourth-order valence-corrected chi connectivity index (χ4v) is 2.92. The van der Waals surface area contributed by atoms with Crippen molar-refractivity contribution in [3.8, 4) is 0 Å². The number of unbranched alkanes of at least 4 members (excludes halogenated alkanes) is 8. The lowest BCUT2D eigenvalue weighted by atomic mass is 10.1. The van der Waals surface area contributed by atoms with E-state index in [-0.39, 0.29) is 5.97 Å². The summed E-state index contributed by atoms with van der Waals surface area (Å²) in [4.78, 5) is 12.2. The Bertz CT molecular complexity index is 318. The van der Waals surface area contributed by atoms with Gasteiger partial charge in [-0.15, -0.1) is 0 Å². The highest BCUT2D eigenvalue weighted by Gasteiger charge is 2.19. The van der Waals surface area contributed by atoms with Gasteiger partial charge in [0.2, 0.25) is 0 Å². The maximum absolute atomic E-state index is 12.2. The molecule has 0 aromatic rings. The van der Waals surface area contributed by atoms with Gasteiger partial charge in [0.05, 0.1) is 13.2 Å². The van der Waals surface area contributed by atoms with E-state index >= 15 is 0 Å². The first-order chi connectivity index (χ1) is 12.3. The standard InChI is InChI=1S/C21H39BrO3/c1-3-5-7-8-9-11-14-18-24-20(16-6-4-2)21(23)25-19-15-12-10-13-17-22/h11,14,20H,3-10,12-13,15-19H2,1-2H3/b14-11+. The van der Waals surface area contributed by atoms with Crippen LogP contribution >= 0.6 is 15.9 Å². The Labute approximate surface area is 164 Å². The highest BCUT2D eigenvalue weighted by Crippen LogP contribution is 2.09. The minimum absolute atomic E-state index is 0.190. The van der Waals surface area contributed by atoms with E-state index < -0.39 is 6.10 Å². The van der Waals surface area contributed by atoms with Crippen molar-refractivity contribution < 1.29 is 14.3 Å². The van der Waals surface area contributed by atoms with Crippen LogP contribution in [0.1, 0.15) is 90.9 Å². The zero-order valence-corrected chi connectivity index (χ0v) is 18.0. The molecule has 0 aromatic heterocycles. The van der Waals surface area contributed by atoms with E-state index in [1.54, 1.807) is 0 Å². The van der Waals surface area contributed by atoms with Crippen LogP contribution in [-0.2, 0) is 14.3 Å². The molecule has 1 atom stereocenters. The summed E-state index contributed by atoms with van der Waals surface area (Å²) in [5.41, 5.74) is 0. The van der Waals surface area contributed by atoms with E-state index in [1.165, 1.54) is 38.5 Å². The molecule has 0 radical (unpaired) electrons. The summed E-state index contributed by atoms with van der Waals surface area (Å²) in [5, 5.41) is 1.05. The maximum atomic E-state index is 12.2. The third-order valence-electron chi connectivity index (χ3n) is 4.14. The molecular weight excluding hydrogens is 380 g/mol. The highest BCUT2D eigenvalue weighted by molar-refractivity contribution is 9.09. The third kappa shape index (κ3) is 16.8. The summed E-state index contributed by atoms with van der Waals surface area (Å²) in [6, 6.07) is 0. The van der Waals surface area contributed by atoms with Gasteiger partial charge in [0.1, 0.15) is 0 Å². The second kappa shape index (κ2) is 20.0. The Morgan fingerprint density at radius 2 is 1.64 bits per heavy atom. The minimum Gasteiger partial charge on any atom is -0.464 e. The second-order valence-corrected chi connectivity index (χ2v) is 7.35. The number of carbonyl (C=O) groups excluding carboxylic acids is 1. The molecule has 0 bridgehead atoms. The predicted octanol–water partition coefficient (Wildman–Crippen LogP) is 6.59. The number of ether oxygens (including phenoxy) is 2. The molecule has 3 nitrogen and oxygen atoms in total. The topological polar surface area (TPSA) is 35.5 Å². The van der Waals surface area contributed by atoms with Crippen LogP contribution in [0, 0.1) is 0 Å². The fraction of sp³-hybridized carbons (Fsp3) is 0.857. The van der Waals surface area contributed by atoms with Crippen molar-refractivity contribution in [1.82, 2.24) is 0 Å². The molecule has 0 aliphatic rings. The van der Waals surface area contributed by atoms with E-state index in [4.69, 9.17) is 9.47 Å². The Balaban J connectivity index is 3.92. The SMILES string of the molecule is CCCCCC/C=C/COC(CCCC)C(=O)OCCCCCCBr. The summed E-state index contributed by atoms with van der Waals surface area (Å²) in [6.45, 7) is 5.37. The Kier molecular flexibility index (Phi) is 19.7. The average molecular weight is 419 g/mol. The van der Waals surface area contributed by atoms with E-state index in [1.807, 2.05) is 6.08 Å². The lowest BCUT2D eigenvalue weighted by Gasteiger charge is -2.15. The van der Waals surface area contributed by atoms with Crippen molar-refractivity contribution in [1.29, 1.82) is 0 Å². The number of carbonyl (C=O) groups is 1. The summed E-state index contributed by atoms with van der Waals surface area (Å²) >= 11 is 3.43. The zero-order valence-electron chi connectivity index (χ0n) is 16.4. The number of halogens is 1. The number of esters is 1. The van der Waals surface area contributed by atoms with Crippen molar-refractivity contribution in [2.75, 3.05) is 18.5 Å². The Morgan fingerprint density at radius 1 is 0.920 bits per heavy atom. The lowest BCUT2D eigenvalue weighted by Crippen LogP contribution is -2.27. The van der Waals surface area contributed by atoms with Gasteiger partial charge in [-0.2, -0.15) is 0 Å². The van der Waals surface area contributed by atoms with E-state index in [0.717, 1.165) is 43.9 Å². The quantitative estimate of drug-likeness (QED) is 0.109. The van der Waals surface area contributed by atoms with Crippen molar-refractivity contribution in [3.63, 3.8) is 0 Å². The molecule has 148 valence electrons. The third-order valence-corrected chi connectivity index (χ3v) is 4.70. The van der Waals surface area contributed by atoms with Crippen LogP contribution in [0.15, 0.2) is 12.2 Å². The smallest absolute Gasteiger partial charge is 0.335 e. The molecule has 0 aliphatic heterocycles. The lowest BCUT2D eigenvalue weighted by molar-refractivity contribution is -0.157. The van der Waals surface area contributed by atoms with Gasteiger partial charge >= 0.3 is 5.97 Å². The molecule has 0 spiro atoms. The van der Waals surface area contributed by atoms with Gasteiger partial charge in [0.25, 0.3) is 0 Å². The molecule has 4 heteroatoms.